The fourth-order valence-electron chi connectivity index (χ4n) is 2.69. The van der Waals surface area contributed by atoms with Gasteiger partial charge in [0.25, 0.3) is 0 Å². The second-order valence-corrected chi connectivity index (χ2v) is 6.29. The van der Waals surface area contributed by atoms with Gasteiger partial charge in [-0.05, 0) is 24.0 Å². The monoisotopic (exact) mass is 356 g/mol. The Morgan fingerprint density at radius 1 is 0.692 bits per heavy atom. The van der Waals surface area contributed by atoms with Crippen LogP contribution in [0, 0.1) is 0 Å². The molecular weight excluding hydrogens is 332 g/mol. The molecule has 0 amide bonds. The minimum absolute atomic E-state index is 0.202. The lowest BCUT2D eigenvalue weighted by Crippen LogP contribution is -2.52. The number of aliphatic hydroxyl groups excluding tert-OH is 2. The van der Waals surface area contributed by atoms with Gasteiger partial charge >= 0.3 is 0 Å². The van der Waals surface area contributed by atoms with E-state index in [2.05, 4.69) is 0 Å². The summed E-state index contributed by atoms with van der Waals surface area (Å²) in [5.41, 5.74) is 13.3. The Morgan fingerprint density at radius 2 is 1.00 bits per heavy atom. The Kier molecular flexibility index (Phi) is 7.17. The van der Waals surface area contributed by atoms with Crippen molar-refractivity contribution >= 4 is 11.6 Å². The fourth-order valence-corrected chi connectivity index (χ4v) is 2.69. The number of carbonyl (C=O) groups is 2. The Balaban J connectivity index is 1.94. The van der Waals surface area contributed by atoms with Gasteiger partial charge in [-0.1, -0.05) is 60.7 Å². The number of benzene rings is 2. The largest absolute Gasteiger partial charge is 0.382 e. The highest BCUT2D eigenvalue weighted by Crippen LogP contribution is 2.09. The SMILES string of the molecule is N[C@@H](Cc1ccccc1)C(=O)C(O)C(O)C(=O)[C@@H](N)Cc1ccccc1. The summed E-state index contributed by atoms with van der Waals surface area (Å²) < 4.78 is 0. The van der Waals surface area contributed by atoms with Gasteiger partial charge in [-0.3, -0.25) is 9.59 Å². The van der Waals surface area contributed by atoms with Crippen LogP contribution in [0.25, 0.3) is 0 Å². The second kappa shape index (κ2) is 9.35. The molecule has 0 aliphatic carbocycles. The Morgan fingerprint density at radius 3 is 1.31 bits per heavy atom. The van der Waals surface area contributed by atoms with E-state index in [0.717, 1.165) is 11.1 Å². The summed E-state index contributed by atoms with van der Waals surface area (Å²) in [6.07, 6.45) is -3.40. The molecule has 4 atom stereocenters. The van der Waals surface area contributed by atoms with E-state index in [9.17, 15) is 19.8 Å². The highest BCUT2D eigenvalue weighted by atomic mass is 16.3. The van der Waals surface area contributed by atoms with Gasteiger partial charge in [0, 0.05) is 0 Å². The number of hydrogen-bond acceptors (Lipinski definition) is 6. The average Bonchev–Trinajstić information content (AvgIpc) is 2.67. The molecule has 0 spiro atoms. The molecule has 0 heterocycles. The number of carbonyl (C=O) groups excluding carboxylic acids is 2. The van der Waals surface area contributed by atoms with Crippen LogP contribution in [0.1, 0.15) is 11.1 Å². The van der Waals surface area contributed by atoms with Gasteiger partial charge < -0.3 is 21.7 Å². The number of nitrogens with two attached hydrogens (primary N) is 2. The quantitative estimate of drug-likeness (QED) is 0.500. The zero-order valence-electron chi connectivity index (χ0n) is 14.4. The molecule has 0 saturated heterocycles. The third-order valence-corrected chi connectivity index (χ3v) is 4.21. The van der Waals surface area contributed by atoms with Gasteiger partial charge in [0.05, 0.1) is 12.1 Å². The predicted molar refractivity (Wildman–Crippen MR) is 98.3 cm³/mol. The zero-order valence-corrected chi connectivity index (χ0v) is 14.4. The molecule has 6 nitrogen and oxygen atoms in total. The van der Waals surface area contributed by atoms with E-state index in [0.29, 0.717) is 0 Å². The van der Waals surface area contributed by atoms with E-state index >= 15 is 0 Å². The fraction of sp³-hybridized carbons (Fsp3) is 0.300. The van der Waals surface area contributed by atoms with Crippen LogP contribution in [0.15, 0.2) is 60.7 Å². The van der Waals surface area contributed by atoms with Crippen molar-refractivity contribution in [2.75, 3.05) is 0 Å². The molecule has 0 aliphatic rings. The number of aliphatic hydroxyl groups is 2. The lowest BCUT2D eigenvalue weighted by atomic mass is 9.92. The molecule has 2 rings (SSSR count). The van der Waals surface area contributed by atoms with E-state index in [-0.39, 0.29) is 12.8 Å². The van der Waals surface area contributed by atoms with Crippen LogP contribution < -0.4 is 11.5 Å². The van der Waals surface area contributed by atoms with Crippen LogP contribution in [-0.2, 0) is 22.4 Å². The maximum atomic E-state index is 12.2. The van der Waals surface area contributed by atoms with Crippen molar-refractivity contribution in [3.63, 3.8) is 0 Å². The number of rotatable bonds is 9. The zero-order chi connectivity index (χ0) is 19.1. The minimum Gasteiger partial charge on any atom is -0.382 e. The third-order valence-electron chi connectivity index (χ3n) is 4.21. The smallest absolute Gasteiger partial charge is 0.181 e. The molecule has 138 valence electrons. The topological polar surface area (TPSA) is 127 Å². The molecule has 2 unspecified atom stereocenters. The van der Waals surface area contributed by atoms with Crippen LogP contribution >= 0.6 is 0 Å². The summed E-state index contributed by atoms with van der Waals surface area (Å²) in [5.74, 6) is -1.58. The maximum absolute atomic E-state index is 12.2. The van der Waals surface area contributed by atoms with Gasteiger partial charge in [-0.15, -0.1) is 0 Å². The second-order valence-electron chi connectivity index (χ2n) is 6.29. The molecule has 6 N–H and O–H groups in total. The van der Waals surface area contributed by atoms with Crippen molar-refractivity contribution in [1.82, 2.24) is 0 Å². The van der Waals surface area contributed by atoms with Crippen molar-refractivity contribution in [2.24, 2.45) is 11.5 Å². The van der Waals surface area contributed by atoms with E-state index in [1.807, 2.05) is 36.4 Å². The summed E-state index contributed by atoms with van der Waals surface area (Å²) in [4.78, 5) is 24.5. The van der Waals surface area contributed by atoms with Gasteiger partial charge in [-0.25, -0.2) is 0 Å². The Labute approximate surface area is 152 Å². The minimum atomic E-state index is -1.90. The predicted octanol–water partition coefficient (Wildman–Crippen LogP) is -0.0136. The third kappa shape index (κ3) is 5.31. The first-order valence-electron chi connectivity index (χ1n) is 8.42. The van der Waals surface area contributed by atoms with Crippen molar-refractivity contribution in [2.45, 2.75) is 37.1 Å². The molecule has 6 heteroatoms. The summed E-state index contributed by atoms with van der Waals surface area (Å²) in [7, 11) is 0. The first kappa shape index (κ1) is 19.9. The van der Waals surface area contributed by atoms with Crippen LogP contribution in [0.3, 0.4) is 0 Å². The molecule has 0 aromatic heterocycles. The van der Waals surface area contributed by atoms with Gasteiger partial charge in [0.1, 0.15) is 12.2 Å². The van der Waals surface area contributed by atoms with Crippen molar-refractivity contribution in [1.29, 1.82) is 0 Å². The standard InChI is InChI=1S/C20H24N2O4/c21-15(11-13-7-3-1-4-8-13)17(23)19(25)20(26)18(24)16(22)12-14-9-5-2-6-10-14/h1-10,15-16,19-20,25-26H,11-12,21-22H2/t15-,16-,19?,20?/m0/s1. The molecule has 26 heavy (non-hydrogen) atoms. The number of Topliss-reactive ketones (excluding diaryl/α,β-unsaturated/α-hetero) is 2. The molecule has 0 saturated carbocycles. The van der Waals surface area contributed by atoms with Crippen LogP contribution in [0.5, 0.6) is 0 Å². The van der Waals surface area contributed by atoms with Crippen molar-refractivity contribution in [3.05, 3.63) is 71.8 Å². The van der Waals surface area contributed by atoms with Crippen LogP contribution in [0.2, 0.25) is 0 Å². The van der Waals surface area contributed by atoms with E-state index in [1.165, 1.54) is 0 Å². The highest BCUT2D eigenvalue weighted by molar-refractivity contribution is 5.97. The molecule has 2 aromatic carbocycles. The van der Waals surface area contributed by atoms with Crippen LogP contribution in [-0.4, -0.2) is 46.1 Å². The van der Waals surface area contributed by atoms with Crippen molar-refractivity contribution in [3.8, 4) is 0 Å². The van der Waals surface area contributed by atoms with Gasteiger partial charge in [0.2, 0.25) is 0 Å². The molecule has 2 aromatic rings. The maximum Gasteiger partial charge on any atom is 0.181 e. The molecule has 0 fully saturated rings. The Bertz CT molecular complexity index is 658. The Hall–Kier alpha value is -2.38. The van der Waals surface area contributed by atoms with E-state index < -0.39 is 35.9 Å². The molecule has 0 aliphatic heterocycles. The van der Waals surface area contributed by atoms with Gasteiger partial charge in [-0.2, -0.15) is 0 Å². The lowest BCUT2D eigenvalue weighted by molar-refractivity contribution is -0.144. The summed E-state index contributed by atoms with van der Waals surface area (Å²) >= 11 is 0. The van der Waals surface area contributed by atoms with E-state index in [4.69, 9.17) is 11.5 Å². The lowest BCUT2D eigenvalue weighted by Gasteiger charge is -2.22. The summed E-state index contributed by atoms with van der Waals surface area (Å²) in [5, 5.41) is 20.1. The first-order chi connectivity index (χ1) is 12.4. The average molecular weight is 356 g/mol. The molecular formula is C20H24N2O4. The normalized spacial score (nSPS) is 15.7. The molecule has 0 bridgehead atoms. The van der Waals surface area contributed by atoms with Crippen molar-refractivity contribution < 1.29 is 19.8 Å². The summed E-state index contributed by atoms with van der Waals surface area (Å²) in [6, 6.07) is 16.1. The van der Waals surface area contributed by atoms with E-state index in [1.54, 1.807) is 24.3 Å². The number of hydrogen-bond donors (Lipinski definition) is 4. The highest BCUT2D eigenvalue weighted by Gasteiger charge is 2.35. The van der Waals surface area contributed by atoms with Crippen LogP contribution in [0.4, 0.5) is 0 Å². The first-order valence-corrected chi connectivity index (χ1v) is 8.42. The number of ketones is 2. The van der Waals surface area contributed by atoms with Gasteiger partial charge in [0.15, 0.2) is 11.6 Å². The molecule has 0 radical (unpaired) electrons. The summed E-state index contributed by atoms with van der Waals surface area (Å²) in [6.45, 7) is 0.